The smallest absolute Gasteiger partial charge is 0.312 e. The molecule has 0 aliphatic heterocycles. The van der Waals surface area contributed by atoms with Crippen LogP contribution in [0.1, 0.15) is 39.0 Å². The average molecular weight is 208 g/mol. The normalized spacial score (nSPS) is 37.2. The predicted molar refractivity (Wildman–Crippen MR) is 59.3 cm³/mol. The Morgan fingerprint density at radius 1 is 1.53 bits per heavy atom. The van der Waals surface area contributed by atoms with Crippen LogP contribution in [0.5, 0.6) is 0 Å². The quantitative estimate of drug-likeness (QED) is 0.524. The molecule has 2 heteroatoms. The van der Waals surface area contributed by atoms with E-state index in [0.29, 0.717) is 11.8 Å². The summed E-state index contributed by atoms with van der Waals surface area (Å²) in [7, 11) is 1.52. The number of allylic oxidation sites excluding steroid dienone is 2. The number of hydrogen-bond donors (Lipinski definition) is 0. The van der Waals surface area contributed by atoms with Gasteiger partial charge in [-0.05, 0) is 31.1 Å². The fraction of sp³-hybridized carbons (Fsp3) is 0.769. The maximum Gasteiger partial charge on any atom is 0.312 e. The van der Waals surface area contributed by atoms with E-state index in [1.807, 2.05) is 0 Å². The minimum absolute atomic E-state index is 0.0211. The topological polar surface area (TPSA) is 26.3 Å². The van der Waals surface area contributed by atoms with Gasteiger partial charge >= 0.3 is 5.97 Å². The van der Waals surface area contributed by atoms with Crippen LogP contribution in [0, 0.1) is 17.3 Å². The van der Waals surface area contributed by atoms with Crippen LogP contribution in [0.25, 0.3) is 0 Å². The number of carbonyl (C=O) groups is 1. The Hall–Kier alpha value is -0.790. The first-order chi connectivity index (χ1) is 7.23. The van der Waals surface area contributed by atoms with E-state index in [9.17, 15) is 4.79 Å². The molecular weight excluding hydrogens is 188 g/mol. The summed E-state index contributed by atoms with van der Waals surface area (Å²) in [6, 6.07) is 0. The first-order valence-electron chi connectivity index (χ1n) is 5.99. The number of carbonyl (C=O) groups excluding carboxylic acids is 1. The maximum absolute atomic E-state index is 12.0. The Bertz CT molecular complexity index is 282. The summed E-state index contributed by atoms with van der Waals surface area (Å²) in [6.07, 6.45) is 9.98. The maximum atomic E-state index is 12.0. The summed E-state index contributed by atoms with van der Waals surface area (Å²) in [5, 5.41) is 0. The molecule has 0 saturated heterocycles. The van der Waals surface area contributed by atoms with Gasteiger partial charge < -0.3 is 4.74 Å². The van der Waals surface area contributed by atoms with Gasteiger partial charge in [0, 0.05) is 0 Å². The van der Waals surface area contributed by atoms with Crippen LogP contribution in [0.3, 0.4) is 0 Å². The average Bonchev–Trinajstić information content (AvgIpc) is 2.85. The molecule has 2 bridgehead atoms. The zero-order chi connectivity index (χ0) is 10.9. The first-order valence-corrected chi connectivity index (χ1v) is 5.99. The van der Waals surface area contributed by atoms with E-state index in [1.54, 1.807) is 0 Å². The second kappa shape index (κ2) is 3.99. The van der Waals surface area contributed by atoms with E-state index >= 15 is 0 Å². The lowest BCUT2D eigenvalue weighted by Crippen LogP contribution is -2.36. The highest BCUT2D eigenvalue weighted by Gasteiger charge is 2.53. The molecule has 2 nitrogen and oxygen atoms in total. The van der Waals surface area contributed by atoms with E-state index < -0.39 is 0 Å². The van der Waals surface area contributed by atoms with Gasteiger partial charge in [0.05, 0.1) is 12.5 Å². The molecule has 1 fully saturated rings. The summed E-state index contributed by atoms with van der Waals surface area (Å²) in [5.74, 6) is 1.10. The van der Waals surface area contributed by atoms with Crippen LogP contribution in [0.15, 0.2) is 12.2 Å². The van der Waals surface area contributed by atoms with E-state index in [4.69, 9.17) is 4.74 Å². The molecule has 0 amide bonds. The number of fused-ring (bicyclic) bond motifs is 2. The van der Waals surface area contributed by atoms with Crippen molar-refractivity contribution in [3.63, 3.8) is 0 Å². The number of ether oxygens (including phenoxy) is 1. The Labute approximate surface area is 91.7 Å². The number of hydrogen-bond acceptors (Lipinski definition) is 2. The Balaban J connectivity index is 2.17. The van der Waals surface area contributed by atoms with Gasteiger partial charge in [0.25, 0.3) is 0 Å². The SMILES string of the molecule is CCCCC1(C(=O)OC)CC2C=CC1C2. The number of esters is 1. The summed E-state index contributed by atoms with van der Waals surface area (Å²) >= 11 is 0. The highest BCUT2D eigenvalue weighted by molar-refractivity contribution is 5.78. The lowest BCUT2D eigenvalue weighted by molar-refractivity contribution is -0.155. The van der Waals surface area contributed by atoms with Gasteiger partial charge in [0.15, 0.2) is 0 Å². The summed E-state index contributed by atoms with van der Waals surface area (Å²) in [5.41, 5.74) is -0.176. The predicted octanol–water partition coefficient (Wildman–Crippen LogP) is 2.93. The third-order valence-corrected chi connectivity index (χ3v) is 4.08. The lowest BCUT2D eigenvalue weighted by atomic mass is 9.72. The van der Waals surface area contributed by atoms with Crippen molar-refractivity contribution in [1.82, 2.24) is 0 Å². The molecule has 1 saturated carbocycles. The monoisotopic (exact) mass is 208 g/mol. The second-order valence-electron chi connectivity index (χ2n) is 4.94. The molecule has 3 unspecified atom stereocenters. The second-order valence-corrected chi connectivity index (χ2v) is 4.94. The van der Waals surface area contributed by atoms with Gasteiger partial charge in [0.2, 0.25) is 0 Å². The van der Waals surface area contributed by atoms with Crippen molar-refractivity contribution in [2.45, 2.75) is 39.0 Å². The van der Waals surface area contributed by atoms with Crippen molar-refractivity contribution in [2.24, 2.45) is 17.3 Å². The van der Waals surface area contributed by atoms with Crippen molar-refractivity contribution in [3.05, 3.63) is 12.2 Å². The molecule has 2 rings (SSSR count). The molecule has 2 aliphatic carbocycles. The number of methoxy groups -OCH3 is 1. The minimum Gasteiger partial charge on any atom is -0.469 e. The van der Waals surface area contributed by atoms with Gasteiger partial charge in [0.1, 0.15) is 0 Å². The van der Waals surface area contributed by atoms with Crippen molar-refractivity contribution in [3.8, 4) is 0 Å². The highest BCUT2D eigenvalue weighted by Crippen LogP contribution is 2.55. The third kappa shape index (κ3) is 1.60. The third-order valence-electron chi connectivity index (χ3n) is 4.08. The molecular formula is C13H20O2. The number of rotatable bonds is 4. The Morgan fingerprint density at radius 3 is 2.80 bits per heavy atom. The van der Waals surface area contributed by atoms with Crippen LogP contribution in [0.4, 0.5) is 0 Å². The van der Waals surface area contributed by atoms with Gasteiger partial charge in [-0.2, -0.15) is 0 Å². The molecule has 0 heterocycles. The summed E-state index contributed by atoms with van der Waals surface area (Å²) in [6.45, 7) is 2.17. The van der Waals surface area contributed by atoms with Gasteiger partial charge in [-0.25, -0.2) is 0 Å². The molecule has 0 spiro atoms. The lowest BCUT2D eigenvalue weighted by Gasteiger charge is -2.32. The minimum atomic E-state index is -0.176. The highest BCUT2D eigenvalue weighted by atomic mass is 16.5. The largest absolute Gasteiger partial charge is 0.469 e. The fourth-order valence-corrected chi connectivity index (χ4v) is 3.27. The van der Waals surface area contributed by atoms with E-state index in [0.717, 1.165) is 25.7 Å². The van der Waals surface area contributed by atoms with E-state index in [2.05, 4.69) is 19.1 Å². The molecule has 0 aromatic carbocycles. The molecule has 2 aliphatic rings. The fourth-order valence-electron chi connectivity index (χ4n) is 3.27. The molecule has 0 aromatic heterocycles. The van der Waals surface area contributed by atoms with Crippen LogP contribution in [-0.4, -0.2) is 13.1 Å². The van der Waals surface area contributed by atoms with Gasteiger partial charge in [-0.3, -0.25) is 4.79 Å². The van der Waals surface area contributed by atoms with Crippen molar-refractivity contribution in [1.29, 1.82) is 0 Å². The molecule has 84 valence electrons. The zero-order valence-electron chi connectivity index (χ0n) is 9.66. The van der Waals surface area contributed by atoms with Crippen molar-refractivity contribution >= 4 is 5.97 Å². The Kier molecular flexibility index (Phi) is 2.85. The van der Waals surface area contributed by atoms with Crippen LogP contribution in [-0.2, 0) is 9.53 Å². The first kappa shape index (κ1) is 10.7. The van der Waals surface area contributed by atoms with E-state index in [-0.39, 0.29) is 11.4 Å². The number of unbranched alkanes of at least 4 members (excludes halogenated alkanes) is 1. The molecule has 0 aromatic rings. The molecule has 0 radical (unpaired) electrons. The van der Waals surface area contributed by atoms with Crippen molar-refractivity contribution in [2.75, 3.05) is 7.11 Å². The van der Waals surface area contributed by atoms with Crippen molar-refractivity contribution < 1.29 is 9.53 Å². The van der Waals surface area contributed by atoms with Gasteiger partial charge in [-0.1, -0.05) is 31.9 Å². The Morgan fingerprint density at radius 2 is 2.33 bits per heavy atom. The molecule has 15 heavy (non-hydrogen) atoms. The zero-order valence-corrected chi connectivity index (χ0v) is 9.66. The summed E-state index contributed by atoms with van der Waals surface area (Å²) in [4.78, 5) is 12.0. The van der Waals surface area contributed by atoms with Crippen LogP contribution >= 0.6 is 0 Å². The van der Waals surface area contributed by atoms with Crippen LogP contribution < -0.4 is 0 Å². The van der Waals surface area contributed by atoms with E-state index in [1.165, 1.54) is 13.5 Å². The summed E-state index contributed by atoms with van der Waals surface area (Å²) < 4.78 is 5.01. The molecule has 3 atom stereocenters. The van der Waals surface area contributed by atoms with Crippen LogP contribution in [0.2, 0.25) is 0 Å². The molecule has 0 N–H and O–H groups in total. The standard InChI is InChI=1S/C13H20O2/c1-3-4-7-13(12(14)15-2)9-10-5-6-11(13)8-10/h5-6,10-11H,3-4,7-9H2,1-2H3. The van der Waals surface area contributed by atoms with Gasteiger partial charge in [-0.15, -0.1) is 0 Å².